The number of hydrogen-bond donors (Lipinski definition) is 1. The zero-order valence-electron chi connectivity index (χ0n) is 16.5. The zero-order chi connectivity index (χ0) is 23.0. The SMILES string of the molecule is COc1cc(NC(=O)c2ccc([N+](=O)[O-])cc2Cl)ccc1N1C(=O)c2ccccc2C1=O. The number of non-ortho nitro benzene ring substituents is 1. The van der Waals surface area contributed by atoms with Crippen molar-refractivity contribution in [2.24, 2.45) is 0 Å². The number of fused-ring (bicyclic) bond motifs is 1. The fourth-order valence-corrected chi connectivity index (χ4v) is 3.61. The molecule has 9 nitrogen and oxygen atoms in total. The van der Waals surface area contributed by atoms with Crippen LogP contribution in [0, 0.1) is 10.1 Å². The molecule has 0 unspecified atom stereocenters. The lowest BCUT2D eigenvalue weighted by atomic mass is 10.1. The summed E-state index contributed by atoms with van der Waals surface area (Å²) in [5.74, 6) is -1.36. The quantitative estimate of drug-likeness (QED) is 0.350. The van der Waals surface area contributed by atoms with Crippen molar-refractivity contribution in [3.05, 3.63) is 92.5 Å². The van der Waals surface area contributed by atoms with Crippen LogP contribution in [0.4, 0.5) is 17.1 Å². The Morgan fingerprint density at radius 2 is 1.69 bits per heavy atom. The van der Waals surface area contributed by atoms with Crippen molar-refractivity contribution >= 4 is 46.4 Å². The average molecular weight is 452 g/mol. The average Bonchev–Trinajstić information content (AvgIpc) is 3.03. The van der Waals surface area contributed by atoms with Gasteiger partial charge >= 0.3 is 0 Å². The van der Waals surface area contributed by atoms with Crippen LogP contribution >= 0.6 is 11.6 Å². The molecule has 0 atom stereocenters. The molecule has 0 saturated carbocycles. The van der Waals surface area contributed by atoms with Crippen LogP contribution in [0.1, 0.15) is 31.1 Å². The van der Waals surface area contributed by atoms with Gasteiger partial charge in [-0.3, -0.25) is 24.5 Å². The molecule has 0 fully saturated rings. The highest BCUT2D eigenvalue weighted by atomic mass is 35.5. The monoisotopic (exact) mass is 451 g/mol. The molecule has 1 N–H and O–H groups in total. The number of nitro benzene ring substituents is 1. The van der Waals surface area contributed by atoms with Crippen LogP contribution < -0.4 is 15.0 Å². The van der Waals surface area contributed by atoms with E-state index < -0.39 is 22.6 Å². The summed E-state index contributed by atoms with van der Waals surface area (Å²) in [5.41, 5.74) is 0.931. The van der Waals surface area contributed by atoms with Crippen LogP contribution in [0.3, 0.4) is 0 Å². The highest BCUT2D eigenvalue weighted by molar-refractivity contribution is 6.35. The molecule has 1 heterocycles. The van der Waals surface area contributed by atoms with Gasteiger partial charge in [0.05, 0.1) is 39.4 Å². The molecule has 1 aliphatic rings. The predicted molar refractivity (Wildman–Crippen MR) is 117 cm³/mol. The lowest BCUT2D eigenvalue weighted by Crippen LogP contribution is -2.29. The number of ether oxygens (including phenoxy) is 1. The molecule has 32 heavy (non-hydrogen) atoms. The third-order valence-electron chi connectivity index (χ3n) is 4.88. The van der Waals surface area contributed by atoms with E-state index in [2.05, 4.69) is 5.32 Å². The highest BCUT2D eigenvalue weighted by Crippen LogP contribution is 2.36. The van der Waals surface area contributed by atoms with Crippen molar-refractivity contribution in [2.45, 2.75) is 0 Å². The Bertz CT molecular complexity index is 1270. The van der Waals surface area contributed by atoms with E-state index in [1.807, 2.05) is 0 Å². The molecule has 0 aromatic heterocycles. The van der Waals surface area contributed by atoms with Crippen LogP contribution in [0.5, 0.6) is 5.75 Å². The molecule has 0 radical (unpaired) electrons. The van der Waals surface area contributed by atoms with Crippen LogP contribution in [0.2, 0.25) is 5.02 Å². The maximum atomic E-state index is 12.8. The summed E-state index contributed by atoms with van der Waals surface area (Å²) in [4.78, 5) is 49.3. The molecule has 3 aromatic rings. The van der Waals surface area contributed by atoms with Gasteiger partial charge in [-0.05, 0) is 30.3 Å². The molecule has 4 rings (SSSR count). The fourth-order valence-electron chi connectivity index (χ4n) is 3.35. The summed E-state index contributed by atoms with van der Waals surface area (Å²) in [6.45, 7) is 0. The van der Waals surface area contributed by atoms with Gasteiger partial charge in [0.2, 0.25) is 0 Å². The molecule has 1 aliphatic heterocycles. The van der Waals surface area contributed by atoms with Crippen LogP contribution in [0.15, 0.2) is 60.7 Å². The number of imide groups is 1. The molecule has 160 valence electrons. The van der Waals surface area contributed by atoms with Gasteiger partial charge < -0.3 is 10.1 Å². The summed E-state index contributed by atoms with van der Waals surface area (Å²) in [5, 5.41) is 13.4. The van der Waals surface area contributed by atoms with Gasteiger partial charge in [0.25, 0.3) is 23.4 Å². The number of amides is 3. The van der Waals surface area contributed by atoms with Gasteiger partial charge in [-0.1, -0.05) is 23.7 Å². The standard InChI is InChI=1S/C22H14ClN3O6/c1-32-19-10-12(24-20(27)16-8-7-13(26(30)31)11-17(16)23)6-9-18(19)25-21(28)14-4-2-3-5-15(14)22(25)29/h2-11H,1H3,(H,24,27). The van der Waals surface area contributed by atoms with E-state index in [1.54, 1.807) is 24.3 Å². The van der Waals surface area contributed by atoms with E-state index >= 15 is 0 Å². The maximum absolute atomic E-state index is 12.8. The molecular formula is C22H14ClN3O6. The number of rotatable bonds is 5. The van der Waals surface area contributed by atoms with Gasteiger partial charge in [0.1, 0.15) is 5.75 Å². The molecule has 0 saturated heterocycles. The topological polar surface area (TPSA) is 119 Å². The summed E-state index contributed by atoms with van der Waals surface area (Å²) < 4.78 is 5.35. The number of hydrogen-bond acceptors (Lipinski definition) is 6. The molecule has 10 heteroatoms. The summed E-state index contributed by atoms with van der Waals surface area (Å²) >= 11 is 6.01. The minimum Gasteiger partial charge on any atom is -0.494 e. The molecule has 0 bridgehead atoms. The van der Waals surface area contributed by atoms with Crippen molar-refractivity contribution in [2.75, 3.05) is 17.3 Å². The number of nitrogens with one attached hydrogen (secondary N) is 1. The van der Waals surface area contributed by atoms with Crippen molar-refractivity contribution in [1.29, 1.82) is 0 Å². The first-order valence-corrected chi connectivity index (χ1v) is 9.60. The lowest BCUT2D eigenvalue weighted by Gasteiger charge is -2.18. The van der Waals surface area contributed by atoms with Gasteiger partial charge in [-0.25, -0.2) is 4.90 Å². The second-order valence-electron chi connectivity index (χ2n) is 6.75. The molecule has 0 aliphatic carbocycles. The Labute approximate surface area is 186 Å². The molecular weight excluding hydrogens is 438 g/mol. The van der Waals surface area contributed by atoms with Crippen LogP contribution in [-0.2, 0) is 0 Å². The Morgan fingerprint density at radius 3 is 2.25 bits per heavy atom. The minimum atomic E-state index is -0.615. The number of nitrogens with zero attached hydrogens (tertiary/aromatic N) is 2. The molecule has 0 spiro atoms. The minimum absolute atomic E-state index is 0.0423. The van der Waals surface area contributed by atoms with E-state index in [1.165, 1.54) is 37.4 Å². The summed E-state index contributed by atoms with van der Waals surface area (Å²) in [6.07, 6.45) is 0. The second-order valence-corrected chi connectivity index (χ2v) is 7.16. The Kier molecular flexibility index (Phi) is 5.33. The summed E-state index contributed by atoms with van der Waals surface area (Å²) in [7, 11) is 1.37. The normalized spacial score (nSPS) is 12.5. The Balaban J connectivity index is 1.61. The maximum Gasteiger partial charge on any atom is 0.270 e. The van der Waals surface area contributed by atoms with Crippen molar-refractivity contribution in [3.8, 4) is 5.75 Å². The van der Waals surface area contributed by atoms with E-state index in [0.717, 1.165) is 11.0 Å². The highest BCUT2D eigenvalue weighted by Gasteiger charge is 2.37. The smallest absolute Gasteiger partial charge is 0.270 e. The number of carbonyl (C=O) groups excluding carboxylic acids is 3. The second kappa shape index (κ2) is 8.12. The van der Waals surface area contributed by atoms with E-state index in [-0.39, 0.29) is 27.7 Å². The van der Waals surface area contributed by atoms with Crippen molar-refractivity contribution in [1.82, 2.24) is 0 Å². The zero-order valence-corrected chi connectivity index (χ0v) is 17.3. The van der Waals surface area contributed by atoms with Crippen LogP contribution in [-0.4, -0.2) is 29.8 Å². The van der Waals surface area contributed by atoms with Crippen molar-refractivity contribution < 1.29 is 24.0 Å². The van der Waals surface area contributed by atoms with Gasteiger partial charge in [0, 0.05) is 23.9 Å². The Morgan fingerprint density at radius 1 is 1.03 bits per heavy atom. The number of benzene rings is 3. The first kappa shape index (κ1) is 21.0. The summed E-state index contributed by atoms with van der Waals surface area (Å²) in [6, 6.07) is 14.4. The third kappa shape index (κ3) is 3.54. The molecule has 3 aromatic carbocycles. The van der Waals surface area contributed by atoms with Crippen LogP contribution in [0.25, 0.3) is 0 Å². The number of anilines is 2. The van der Waals surface area contributed by atoms with Gasteiger partial charge in [-0.15, -0.1) is 0 Å². The number of methoxy groups -OCH3 is 1. The predicted octanol–water partition coefficient (Wildman–Crippen LogP) is 4.31. The van der Waals surface area contributed by atoms with Crippen molar-refractivity contribution in [3.63, 3.8) is 0 Å². The largest absolute Gasteiger partial charge is 0.494 e. The number of nitro groups is 1. The number of halogens is 1. The van der Waals surface area contributed by atoms with E-state index in [4.69, 9.17) is 16.3 Å². The number of carbonyl (C=O) groups is 3. The Hall–Kier alpha value is -4.24. The lowest BCUT2D eigenvalue weighted by molar-refractivity contribution is -0.384. The van der Waals surface area contributed by atoms with Gasteiger partial charge in [-0.2, -0.15) is 0 Å². The molecule has 3 amide bonds. The van der Waals surface area contributed by atoms with E-state index in [9.17, 15) is 24.5 Å². The van der Waals surface area contributed by atoms with Gasteiger partial charge in [0.15, 0.2) is 0 Å². The van der Waals surface area contributed by atoms with E-state index in [0.29, 0.717) is 16.8 Å². The first-order chi connectivity index (χ1) is 15.3. The fraction of sp³-hybridized carbons (Fsp3) is 0.0455. The third-order valence-corrected chi connectivity index (χ3v) is 5.19. The first-order valence-electron chi connectivity index (χ1n) is 9.23.